The van der Waals surface area contributed by atoms with Gasteiger partial charge in [-0.1, -0.05) is 45.1 Å². The van der Waals surface area contributed by atoms with Crippen LogP contribution in [0.25, 0.3) is 0 Å². The Morgan fingerprint density at radius 1 is 1.04 bits per heavy atom. The summed E-state index contributed by atoms with van der Waals surface area (Å²) in [6.07, 6.45) is 5.60. The molecule has 0 fully saturated rings. The van der Waals surface area contributed by atoms with Gasteiger partial charge in [-0.2, -0.15) is 0 Å². The zero-order valence-corrected chi connectivity index (χ0v) is 15.1. The lowest BCUT2D eigenvalue weighted by Crippen LogP contribution is -2.41. The number of hydrogen-bond acceptors (Lipinski definition) is 2. The highest BCUT2D eigenvalue weighted by Gasteiger charge is 2.23. The molecule has 2 rings (SSSR count). The summed E-state index contributed by atoms with van der Waals surface area (Å²) in [6.45, 7) is 5.90. The molecule has 0 unspecified atom stereocenters. The van der Waals surface area contributed by atoms with Gasteiger partial charge in [0.15, 0.2) is 0 Å². The van der Waals surface area contributed by atoms with Gasteiger partial charge in [-0.3, -0.25) is 9.59 Å². The number of rotatable bonds is 2. The summed E-state index contributed by atoms with van der Waals surface area (Å²) < 4.78 is 13.2. The van der Waals surface area contributed by atoms with Gasteiger partial charge in [0.05, 0.1) is 6.04 Å². The minimum absolute atomic E-state index is 0.0581. The number of carbonyl (C=O) groups excluding carboxylic acids is 2. The van der Waals surface area contributed by atoms with Gasteiger partial charge in [0, 0.05) is 18.4 Å². The molecule has 3 atom stereocenters. The molecular formula is C20H27FN2O2. The molecule has 0 saturated carbocycles. The van der Waals surface area contributed by atoms with Crippen LogP contribution >= 0.6 is 0 Å². The van der Waals surface area contributed by atoms with Crippen molar-refractivity contribution in [1.29, 1.82) is 0 Å². The van der Waals surface area contributed by atoms with Crippen molar-refractivity contribution in [3.8, 4) is 0 Å². The highest BCUT2D eigenvalue weighted by molar-refractivity contribution is 5.85. The van der Waals surface area contributed by atoms with Crippen molar-refractivity contribution < 1.29 is 14.0 Å². The van der Waals surface area contributed by atoms with E-state index in [1.807, 2.05) is 12.2 Å². The smallest absolute Gasteiger partial charge is 0.223 e. The maximum Gasteiger partial charge on any atom is 0.223 e. The lowest BCUT2D eigenvalue weighted by Gasteiger charge is -2.24. The van der Waals surface area contributed by atoms with Gasteiger partial charge in [-0.05, 0) is 36.5 Å². The van der Waals surface area contributed by atoms with Crippen LogP contribution in [-0.4, -0.2) is 17.9 Å². The highest BCUT2D eigenvalue weighted by Crippen LogP contribution is 2.20. The number of benzene rings is 1. The molecule has 1 heterocycles. The first kappa shape index (κ1) is 19.2. The Kier molecular flexibility index (Phi) is 6.73. The van der Waals surface area contributed by atoms with E-state index in [4.69, 9.17) is 0 Å². The fourth-order valence-electron chi connectivity index (χ4n) is 2.90. The maximum absolute atomic E-state index is 13.2. The van der Waals surface area contributed by atoms with Crippen molar-refractivity contribution in [3.05, 3.63) is 47.8 Å². The molecule has 0 saturated heterocycles. The van der Waals surface area contributed by atoms with Gasteiger partial charge in [-0.25, -0.2) is 4.39 Å². The number of nitrogens with one attached hydrogen (secondary N) is 2. The molecule has 4 nitrogen and oxygen atoms in total. The second-order valence-corrected chi connectivity index (χ2v) is 7.08. The molecule has 0 spiro atoms. The van der Waals surface area contributed by atoms with Crippen LogP contribution in [-0.2, 0) is 9.59 Å². The molecule has 0 aromatic heterocycles. The van der Waals surface area contributed by atoms with Gasteiger partial charge in [0.1, 0.15) is 5.82 Å². The number of amides is 2. The summed E-state index contributed by atoms with van der Waals surface area (Å²) in [7, 11) is 0. The summed E-state index contributed by atoms with van der Waals surface area (Å²) in [5.41, 5.74) is 0.855. The Balaban J connectivity index is 2.22. The van der Waals surface area contributed by atoms with Gasteiger partial charge in [0.25, 0.3) is 0 Å². The van der Waals surface area contributed by atoms with Gasteiger partial charge in [0.2, 0.25) is 11.8 Å². The lowest BCUT2D eigenvalue weighted by molar-refractivity contribution is -0.130. The summed E-state index contributed by atoms with van der Waals surface area (Å²) in [5, 5.41) is 6.00. The van der Waals surface area contributed by atoms with Crippen molar-refractivity contribution in [1.82, 2.24) is 10.6 Å². The predicted octanol–water partition coefficient (Wildman–Crippen LogP) is 3.50. The van der Waals surface area contributed by atoms with E-state index < -0.39 is 5.92 Å². The Hall–Kier alpha value is -2.17. The molecule has 1 aromatic rings. The lowest BCUT2D eigenvalue weighted by atomic mass is 9.96. The van der Waals surface area contributed by atoms with Crippen molar-refractivity contribution in [2.75, 3.05) is 0 Å². The minimum atomic E-state index is -0.417. The molecule has 0 bridgehead atoms. The molecule has 5 heteroatoms. The first-order valence-electron chi connectivity index (χ1n) is 8.87. The normalized spacial score (nSPS) is 27.0. The number of carbonyl (C=O) groups is 2. The Bertz CT molecular complexity index is 625. The van der Waals surface area contributed by atoms with E-state index in [-0.39, 0.29) is 36.1 Å². The molecule has 0 aliphatic carbocycles. The van der Waals surface area contributed by atoms with E-state index in [9.17, 15) is 14.0 Å². The van der Waals surface area contributed by atoms with Crippen LogP contribution in [0.15, 0.2) is 36.4 Å². The zero-order valence-electron chi connectivity index (χ0n) is 15.1. The van der Waals surface area contributed by atoms with E-state index in [1.54, 1.807) is 19.1 Å². The minimum Gasteiger partial charge on any atom is -0.353 e. The van der Waals surface area contributed by atoms with Gasteiger partial charge < -0.3 is 10.6 Å². The number of hydrogen-bond donors (Lipinski definition) is 2. The predicted molar refractivity (Wildman–Crippen MR) is 96.2 cm³/mol. The van der Waals surface area contributed by atoms with Crippen LogP contribution < -0.4 is 10.6 Å². The summed E-state index contributed by atoms with van der Waals surface area (Å²) in [6, 6.07) is 6.00. The molecule has 136 valence electrons. The maximum atomic E-state index is 13.2. The fraction of sp³-hybridized carbons (Fsp3) is 0.500. The van der Waals surface area contributed by atoms with E-state index in [2.05, 4.69) is 24.5 Å². The van der Waals surface area contributed by atoms with Crippen molar-refractivity contribution in [3.63, 3.8) is 0 Å². The molecule has 2 N–H and O–H groups in total. The quantitative estimate of drug-likeness (QED) is 0.805. The van der Waals surface area contributed by atoms with Gasteiger partial charge in [-0.15, -0.1) is 0 Å². The topological polar surface area (TPSA) is 58.2 Å². The standard InChI is InChI=1S/C20H27FN2O2/c1-13(2)17-6-4-5-7-18(15-8-10-16(21)11-9-15)23-20(25)14(3)12-19(24)22-17/h4-5,8-11,13-14,17-18H,6-7,12H2,1-3H3,(H,22,24)(H,23,25)/b5-4-/t14-,17+,18+/m0/s1. The SMILES string of the molecule is CC(C)[C@H]1C/C=C\C[C@H](c2ccc(F)cc2)NC(=O)[C@@H](C)CC(=O)N1. The Morgan fingerprint density at radius 3 is 2.32 bits per heavy atom. The zero-order chi connectivity index (χ0) is 18.4. The molecule has 0 radical (unpaired) electrons. The Morgan fingerprint density at radius 2 is 1.68 bits per heavy atom. The monoisotopic (exact) mass is 346 g/mol. The van der Waals surface area contributed by atoms with Crippen molar-refractivity contribution >= 4 is 11.8 Å². The van der Waals surface area contributed by atoms with Crippen LogP contribution in [0.2, 0.25) is 0 Å². The molecule has 1 aliphatic rings. The van der Waals surface area contributed by atoms with Crippen LogP contribution in [0.5, 0.6) is 0 Å². The third-order valence-corrected chi connectivity index (χ3v) is 4.61. The molecule has 2 amide bonds. The first-order chi connectivity index (χ1) is 11.9. The van der Waals surface area contributed by atoms with Crippen molar-refractivity contribution in [2.24, 2.45) is 11.8 Å². The largest absolute Gasteiger partial charge is 0.353 e. The van der Waals surface area contributed by atoms with E-state index in [0.29, 0.717) is 12.3 Å². The molecule has 1 aliphatic heterocycles. The number of halogens is 1. The van der Waals surface area contributed by atoms with E-state index >= 15 is 0 Å². The Labute approximate surface area is 148 Å². The van der Waals surface area contributed by atoms with Crippen LogP contribution in [0.1, 0.15) is 51.6 Å². The average molecular weight is 346 g/mol. The molecule has 1 aromatic carbocycles. The van der Waals surface area contributed by atoms with Crippen LogP contribution in [0.4, 0.5) is 4.39 Å². The van der Waals surface area contributed by atoms with Crippen LogP contribution in [0.3, 0.4) is 0 Å². The summed E-state index contributed by atoms with van der Waals surface area (Å²) in [5.74, 6) is -0.676. The average Bonchev–Trinajstić information content (AvgIpc) is 2.55. The third kappa shape index (κ3) is 5.69. The molecular weight excluding hydrogens is 319 g/mol. The van der Waals surface area contributed by atoms with E-state index in [0.717, 1.165) is 12.0 Å². The van der Waals surface area contributed by atoms with Gasteiger partial charge >= 0.3 is 0 Å². The fourth-order valence-corrected chi connectivity index (χ4v) is 2.90. The van der Waals surface area contributed by atoms with E-state index in [1.165, 1.54) is 12.1 Å². The third-order valence-electron chi connectivity index (χ3n) is 4.61. The first-order valence-corrected chi connectivity index (χ1v) is 8.87. The molecule has 25 heavy (non-hydrogen) atoms. The van der Waals surface area contributed by atoms with Crippen LogP contribution in [0, 0.1) is 17.7 Å². The summed E-state index contributed by atoms with van der Waals surface area (Å²) in [4.78, 5) is 24.7. The summed E-state index contributed by atoms with van der Waals surface area (Å²) >= 11 is 0. The second-order valence-electron chi connectivity index (χ2n) is 7.08. The highest BCUT2D eigenvalue weighted by atomic mass is 19.1. The second kappa shape index (κ2) is 8.79. The van der Waals surface area contributed by atoms with Crippen molar-refractivity contribution in [2.45, 2.75) is 52.1 Å².